The number of pyridine rings is 1. The van der Waals surface area contributed by atoms with Crippen LogP contribution in [0.2, 0.25) is 0 Å². The van der Waals surface area contributed by atoms with Crippen molar-refractivity contribution in [1.29, 1.82) is 5.26 Å². The minimum absolute atomic E-state index is 0.00239. The van der Waals surface area contributed by atoms with Crippen molar-refractivity contribution < 1.29 is 22.7 Å². The summed E-state index contributed by atoms with van der Waals surface area (Å²) in [6.07, 6.45) is 7.84. The minimum Gasteiger partial charge on any atom is -0.474 e. The van der Waals surface area contributed by atoms with Crippen LogP contribution in [0.3, 0.4) is 0 Å². The first-order valence-corrected chi connectivity index (χ1v) is 15.2. The number of nitrogens with one attached hydrogen (secondary N) is 2. The smallest absolute Gasteiger partial charge is 0.433 e. The highest BCUT2D eigenvalue weighted by Gasteiger charge is 2.48. The molecule has 1 saturated heterocycles. The van der Waals surface area contributed by atoms with Gasteiger partial charge in [0.2, 0.25) is 5.88 Å². The molecule has 4 aromatic heterocycles. The largest absolute Gasteiger partial charge is 0.474 e. The number of alkyl halides is 3. The fourth-order valence-electron chi connectivity index (χ4n) is 6.62. The first kappa shape index (κ1) is 29.2. The monoisotopic (exact) mass is 619 g/mol. The van der Waals surface area contributed by atoms with E-state index >= 15 is 0 Å². The zero-order valence-corrected chi connectivity index (χ0v) is 24.4. The Labute approximate surface area is 256 Å². The van der Waals surface area contributed by atoms with Gasteiger partial charge in [-0.05, 0) is 57.1 Å². The van der Waals surface area contributed by atoms with Gasteiger partial charge in [0.05, 0.1) is 24.4 Å². The Morgan fingerprint density at radius 2 is 1.96 bits per heavy atom. The van der Waals surface area contributed by atoms with Gasteiger partial charge in [-0.3, -0.25) is 14.4 Å². The van der Waals surface area contributed by atoms with Crippen LogP contribution in [-0.2, 0) is 11.7 Å². The van der Waals surface area contributed by atoms with Gasteiger partial charge in [0.15, 0.2) is 0 Å². The van der Waals surface area contributed by atoms with Crippen LogP contribution in [0.15, 0.2) is 43.1 Å². The number of hydrogen-bond donors (Lipinski definition) is 2. The predicted octanol–water partition coefficient (Wildman–Crippen LogP) is 4.83. The van der Waals surface area contributed by atoms with E-state index in [0.717, 1.165) is 60.5 Å². The molecule has 0 unspecified atom stereocenters. The topological polar surface area (TPSA) is 138 Å². The van der Waals surface area contributed by atoms with Crippen LogP contribution in [0.5, 0.6) is 5.88 Å². The van der Waals surface area contributed by atoms with Gasteiger partial charge in [0.25, 0.3) is 5.91 Å². The lowest BCUT2D eigenvalue weighted by atomic mass is 9.82. The Balaban J connectivity index is 0.987. The van der Waals surface area contributed by atoms with Gasteiger partial charge >= 0.3 is 6.18 Å². The van der Waals surface area contributed by atoms with Gasteiger partial charge in [0, 0.05) is 60.1 Å². The number of H-pyrrole nitrogens is 1. The summed E-state index contributed by atoms with van der Waals surface area (Å²) in [7, 11) is 0. The van der Waals surface area contributed by atoms with E-state index in [1.807, 2.05) is 23.1 Å². The molecule has 11 nitrogen and oxygen atoms in total. The Hall–Kier alpha value is -4.51. The fraction of sp³-hybridized carbons (Fsp3) is 0.484. The summed E-state index contributed by atoms with van der Waals surface area (Å²) in [5, 5.41) is 18.0. The zero-order chi connectivity index (χ0) is 31.2. The number of nitriles is 1. The Bertz CT molecular complexity index is 1740. The Kier molecular flexibility index (Phi) is 7.43. The molecule has 0 spiro atoms. The normalized spacial score (nSPS) is 21.9. The van der Waals surface area contributed by atoms with Crippen LogP contribution in [0.25, 0.3) is 22.3 Å². The second kappa shape index (κ2) is 11.4. The molecule has 14 heteroatoms. The molecule has 2 N–H and O–H groups in total. The van der Waals surface area contributed by atoms with Crippen molar-refractivity contribution in [2.75, 3.05) is 13.1 Å². The summed E-state index contributed by atoms with van der Waals surface area (Å²) in [6, 6.07) is 6.60. The number of carbonyl (C=O) groups excluding carboxylic acids is 1. The molecule has 3 aliphatic rings. The van der Waals surface area contributed by atoms with Crippen LogP contribution >= 0.6 is 0 Å². The molecular formula is C31H32F3N9O2. The molecule has 1 amide bonds. The highest BCUT2D eigenvalue weighted by atomic mass is 19.4. The van der Waals surface area contributed by atoms with Crippen molar-refractivity contribution >= 4 is 16.9 Å². The summed E-state index contributed by atoms with van der Waals surface area (Å²) in [5.74, 6) is -0.724. The van der Waals surface area contributed by atoms with Crippen LogP contribution in [-0.4, -0.2) is 71.8 Å². The maximum Gasteiger partial charge on any atom is 0.433 e. The summed E-state index contributed by atoms with van der Waals surface area (Å²) in [4.78, 5) is 30.5. The number of aromatic amines is 1. The first-order chi connectivity index (χ1) is 21.7. The molecule has 45 heavy (non-hydrogen) atoms. The van der Waals surface area contributed by atoms with Gasteiger partial charge in [0.1, 0.15) is 29.3 Å². The number of fused-ring (bicyclic) bond motifs is 1. The average molecular weight is 620 g/mol. The van der Waals surface area contributed by atoms with Crippen molar-refractivity contribution in [2.24, 2.45) is 0 Å². The molecule has 234 valence electrons. The number of amides is 1. The summed E-state index contributed by atoms with van der Waals surface area (Å²) in [5.41, 5.74) is 0.677. The Morgan fingerprint density at radius 1 is 1.16 bits per heavy atom. The third kappa shape index (κ3) is 5.72. The number of nitrogens with zero attached hydrogens (tertiary/aromatic N) is 7. The van der Waals surface area contributed by atoms with E-state index in [4.69, 9.17) is 4.74 Å². The minimum atomic E-state index is -4.70. The molecule has 5 heterocycles. The van der Waals surface area contributed by atoms with Crippen LogP contribution < -0.4 is 10.1 Å². The highest BCUT2D eigenvalue weighted by Crippen LogP contribution is 2.39. The van der Waals surface area contributed by atoms with Crippen molar-refractivity contribution in [3.8, 4) is 23.2 Å². The van der Waals surface area contributed by atoms with Gasteiger partial charge in [-0.25, -0.2) is 15.0 Å². The quantitative estimate of drug-likeness (QED) is 0.286. The number of likely N-dealkylation sites (tertiary alicyclic amines) is 1. The molecule has 3 fully saturated rings. The predicted molar refractivity (Wildman–Crippen MR) is 156 cm³/mol. The first-order valence-electron chi connectivity index (χ1n) is 15.2. The summed E-state index contributed by atoms with van der Waals surface area (Å²) < 4.78 is 48.6. The lowest BCUT2D eigenvalue weighted by molar-refractivity contribution is -0.141. The number of aromatic nitrogens is 6. The SMILES string of the molecule is N#CCC1(n2cc(-c3ncnc4[nH]ccc34)cn2)CN([C@H]2CC[C@@H](Oc3cc(C(=O)NC4CCC4)cc(C(F)(F)F)n3)CC2)C1. The second-order valence-electron chi connectivity index (χ2n) is 12.3. The molecule has 4 aromatic rings. The fourth-order valence-corrected chi connectivity index (χ4v) is 6.62. The Morgan fingerprint density at radius 3 is 2.67 bits per heavy atom. The standard InChI is InChI=1S/C31H32F3N9O2/c32-31(33,34)25-12-19(29(44)40-21-2-1-3-21)13-26(41-25)45-23-6-4-22(5-7-23)42-16-30(17-42,9-10-35)43-15-20(14-39-43)27-24-8-11-36-28(24)38-18-37-27/h8,11-15,18,21-23H,1-7,9,16-17H2,(H,40,44)(H,36,37,38)/t22-,23+. The van der Waals surface area contributed by atoms with Crippen molar-refractivity contribution in [3.63, 3.8) is 0 Å². The summed E-state index contributed by atoms with van der Waals surface area (Å²) in [6.45, 7) is 1.33. The van der Waals surface area contributed by atoms with E-state index in [2.05, 4.69) is 41.3 Å². The molecule has 0 atom stereocenters. The van der Waals surface area contributed by atoms with Crippen LogP contribution in [0.4, 0.5) is 13.2 Å². The number of hydrogen-bond acceptors (Lipinski definition) is 8. The number of rotatable bonds is 8. The van der Waals surface area contributed by atoms with Crippen molar-refractivity contribution in [2.45, 2.75) is 81.3 Å². The van der Waals surface area contributed by atoms with E-state index in [-0.39, 0.29) is 29.6 Å². The van der Waals surface area contributed by atoms with Gasteiger partial charge in [-0.1, -0.05) is 0 Å². The van der Waals surface area contributed by atoms with Crippen LogP contribution in [0, 0.1) is 11.3 Å². The third-order valence-corrected chi connectivity index (χ3v) is 9.34. The zero-order valence-electron chi connectivity index (χ0n) is 24.4. The second-order valence-corrected chi connectivity index (χ2v) is 12.3. The molecule has 2 saturated carbocycles. The van der Waals surface area contributed by atoms with E-state index in [0.29, 0.717) is 32.4 Å². The van der Waals surface area contributed by atoms with Gasteiger partial charge < -0.3 is 15.0 Å². The maximum absolute atomic E-state index is 13.6. The van der Waals surface area contributed by atoms with Crippen molar-refractivity contribution in [3.05, 3.63) is 54.4 Å². The molecule has 0 aromatic carbocycles. The lowest BCUT2D eigenvalue weighted by Crippen LogP contribution is -2.65. The molecule has 7 rings (SSSR count). The number of ether oxygens (including phenoxy) is 1. The van der Waals surface area contributed by atoms with E-state index in [1.165, 1.54) is 12.4 Å². The summed E-state index contributed by atoms with van der Waals surface area (Å²) >= 11 is 0. The third-order valence-electron chi connectivity index (χ3n) is 9.34. The average Bonchev–Trinajstić information content (AvgIpc) is 3.67. The van der Waals surface area contributed by atoms with E-state index < -0.39 is 23.3 Å². The highest BCUT2D eigenvalue weighted by molar-refractivity contribution is 5.95. The lowest BCUT2D eigenvalue weighted by Gasteiger charge is -2.53. The number of carbonyl (C=O) groups is 1. The molecule has 1 aliphatic heterocycles. The van der Waals surface area contributed by atoms with Gasteiger partial charge in [-0.2, -0.15) is 23.5 Å². The molecule has 2 aliphatic carbocycles. The molecule has 0 radical (unpaired) electrons. The van der Waals surface area contributed by atoms with E-state index in [1.54, 1.807) is 6.20 Å². The molecular weight excluding hydrogens is 587 g/mol. The van der Waals surface area contributed by atoms with Crippen LogP contribution in [0.1, 0.15) is 67.4 Å². The van der Waals surface area contributed by atoms with Gasteiger partial charge in [-0.15, -0.1) is 0 Å². The maximum atomic E-state index is 13.6. The van der Waals surface area contributed by atoms with Crippen molar-refractivity contribution in [1.82, 2.24) is 39.9 Å². The number of halogens is 3. The van der Waals surface area contributed by atoms with E-state index in [9.17, 15) is 23.2 Å². The molecule has 0 bridgehead atoms.